The van der Waals surface area contributed by atoms with Crippen LogP contribution in [0.15, 0.2) is 42.5 Å². The number of fused-ring (bicyclic) bond motifs is 1. The number of hydrogen-bond donors (Lipinski definition) is 3. The minimum absolute atomic E-state index is 0.176. The Hall–Kier alpha value is -3.58. The third-order valence-electron chi connectivity index (χ3n) is 5.66. The van der Waals surface area contributed by atoms with Gasteiger partial charge in [0.15, 0.2) is 0 Å². The fraction of sp³-hybridized carbons (Fsp3) is 0.385. The van der Waals surface area contributed by atoms with Crippen molar-refractivity contribution in [2.24, 2.45) is 0 Å². The Morgan fingerprint density at radius 3 is 2.66 bits per heavy atom. The molecule has 1 aliphatic heterocycles. The molecule has 0 spiro atoms. The van der Waals surface area contributed by atoms with Crippen LogP contribution in [0.4, 0.5) is 10.5 Å². The van der Waals surface area contributed by atoms with E-state index in [9.17, 15) is 15.2 Å². The predicted molar refractivity (Wildman–Crippen MR) is 132 cm³/mol. The average Bonchev–Trinajstić information content (AvgIpc) is 3.21. The second-order valence-corrected chi connectivity index (χ2v) is 8.73. The van der Waals surface area contributed by atoms with Gasteiger partial charge in [0.1, 0.15) is 24.5 Å². The summed E-state index contributed by atoms with van der Waals surface area (Å²) in [4.78, 5) is 17.3. The van der Waals surface area contributed by atoms with Crippen LogP contribution in [-0.4, -0.2) is 72.7 Å². The molecule has 1 aromatic heterocycles. The number of aromatic amines is 1. The van der Waals surface area contributed by atoms with Crippen LogP contribution >= 0.6 is 0 Å². The zero-order chi connectivity index (χ0) is 24.8. The third kappa shape index (κ3) is 6.31. The lowest BCUT2D eigenvalue weighted by Crippen LogP contribution is -2.42. The Bertz CT molecular complexity index is 1190. The first-order valence-electron chi connectivity index (χ1n) is 11.7. The fourth-order valence-corrected chi connectivity index (χ4v) is 4.01. The highest BCUT2D eigenvalue weighted by atomic mass is 16.6. The van der Waals surface area contributed by atoms with Gasteiger partial charge in [0.25, 0.3) is 0 Å². The van der Waals surface area contributed by atoms with E-state index in [1.165, 1.54) is 0 Å². The van der Waals surface area contributed by atoms with Gasteiger partial charge in [-0.1, -0.05) is 12.1 Å². The Balaban J connectivity index is 1.45. The van der Waals surface area contributed by atoms with E-state index in [1.807, 2.05) is 24.3 Å². The highest BCUT2D eigenvalue weighted by molar-refractivity contribution is 5.94. The summed E-state index contributed by atoms with van der Waals surface area (Å²) in [5.41, 5.74) is 3.38. The number of anilines is 1. The summed E-state index contributed by atoms with van der Waals surface area (Å²) in [6, 6.07) is 14.9. The normalized spacial score (nSPS) is 15.1. The number of hydrogen-bond acceptors (Lipinski definition) is 7. The van der Waals surface area contributed by atoms with E-state index in [0.717, 1.165) is 29.6 Å². The van der Waals surface area contributed by atoms with Crippen LogP contribution < -0.4 is 10.1 Å². The van der Waals surface area contributed by atoms with Crippen molar-refractivity contribution in [3.05, 3.63) is 48.0 Å². The molecule has 1 unspecified atom stereocenters. The van der Waals surface area contributed by atoms with Gasteiger partial charge in [-0.25, -0.2) is 4.79 Å². The maximum Gasteiger partial charge on any atom is 0.411 e. The van der Waals surface area contributed by atoms with E-state index in [4.69, 9.17) is 14.2 Å². The number of nitrogens with one attached hydrogen (secondary N) is 2. The van der Waals surface area contributed by atoms with Crippen LogP contribution in [0.2, 0.25) is 0 Å². The minimum atomic E-state index is -0.609. The van der Waals surface area contributed by atoms with Crippen molar-refractivity contribution in [2.45, 2.75) is 26.1 Å². The first kappa shape index (κ1) is 24.5. The SMILES string of the molecule is CC(C)OC(=O)Nc1ccc(-c2[nH]c3cc(OCC(O)CN4CCOCC4)ccc3c2C#N)cc1. The lowest BCUT2D eigenvalue weighted by atomic mass is 10.1. The number of H-pyrrole nitrogens is 1. The molecule has 0 aliphatic carbocycles. The Morgan fingerprint density at radius 2 is 1.97 bits per heavy atom. The third-order valence-corrected chi connectivity index (χ3v) is 5.66. The molecule has 9 heteroatoms. The van der Waals surface area contributed by atoms with Crippen molar-refractivity contribution < 1.29 is 24.1 Å². The molecule has 1 amide bonds. The number of carbonyl (C=O) groups is 1. The van der Waals surface area contributed by atoms with Crippen molar-refractivity contribution >= 4 is 22.7 Å². The van der Waals surface area contributed by atoms with Gasteiger partial charge in [-0.15, -0.1) is 0 Å². The molecular weight excluding hydrogens is 448 g/mol. The van der Waals surface area contributed by atoms with Crippen LogP contribution in [0, 0.1) is 11.3 Å². The molecule has 184 valence electrons. The number of aliphatic hydroxyl groups is 1. The summed E-state index contributed by atoms with van der Waals surface area (Å²) < 4.78 is 16.3. The summed E-state index contributed by atoms with van der Waals surface area (Å²) in [6.45, 7) is 7.27. The number of morpholine rings is 1. The molecule has 3 aromatic rings. The van der Waals surface area contributed by atoms with Gasteiger partial charge in [-0.3, -0.25) is 10.2 Å². The number of rotatable bonds is 8. The van der Waals surface area contributed by atoms with E-state index >= 15 is 0 Å². The lowest BCUT2D eigenvalue weighted by Gasteiger charge is -2.28. The first-order chi connectivity index (χ1) is 16.9. The monoisotopic (exact) mass is 478 g/mol. The highest BCUT2D eigenvalue weighted by Gasteiger charge is 2.17. The number of nitriles is 1. The standard InChI is InChI=1S/C26H30N4O5/c1-17(2)35-26(32)28-19-5-3-18(4-6-19)25-23(14-27)22-8-7-21(13-24(22)29-25)34-16-20(31)15-30-9-11-33-12-10-30/h3-8,13,17,20,29,31H,9-12,15-16H2,1-2H3,(H,28,32). The summed E-state index contributed by atoms with van der Waals surface area (Å²) in [5, 5.41) is 23.6. The van der Waals surface area contributed by atoms with Crippen LogP contribution in [0.1, 0.15) is 19.4 Å². The van der Waals surface area contributed by atoms with E-state index in [1.54, 1.807) is 32.0 Å². The molecule has 2 heterocycles. The summed E-state index contributed by atoms with van der Waals surface area (Å²) in [7, 11) is 0. The van der Waals surface area contributed by atoms with Gasteiger partial charge in [0, 0.05) is 36.8 Å². The average molecular weight is 479 g/mol. The van der Waals surface area contributed by atoms with Crippen LogP contribution in [0.5, 0.6) is 5.75 Å². The van der Waals surface area contributed by atoms with Crippen molar-refractivity contribution in [3.8, 4) is 23.1 Å². The number of aromatic nitrogens is 1. The molecule has 1 fully saturated rings. The number of β-amino-alcohol motifs (C(OH)–C–C–N with tert-alkyl or cyclic N) is 1. The van der Waals surface area contributed by atoms with Crippen molar-refractivity contribution in [1.82, 2.24) is 9.88 Å². The molecule has 4 rings (SSSR count). The predicted octanol–water partition coefficient (Wildman–Crippen LogP) is 3.74. The van der Waals surface area contributed by atoms with Crippen LogP contribution in [0.3, 0.4) is 0 Å². The second kappa shape index (κ2) is 11.2. The van der Waals surface area contributed by atoms with Crippen molar-refractivity contribution in [3.63, 3.8) is 0 Å². The number of aliphatic hydroxyl groups excluding tert-OH is 1. The molecular formula is C26H30N4O5. The fourth-order valence-electron chi connectivity index (χ4n) is 4.01. The molecule has 3 N–H and O–H groups in total. The van der Waals surface area contributed by atoms with E-state index in [2.05, 4.69) is 21.3 Å². The van der Waals surface area contributed by atoms with E-state index < -0.39 is 12.2 Å². The number of carbonyl (C=O) groups excluding carboxylic acids is 1. The van der Waals surface area contributed by atoms with Gasteiger partial charge in [0.05, 0.1) is 36.1 Å². The molecule has 1 atom stereocenters. The Labute approximate surface area is 204 Å². The van der Waals surface area contributed by atoms with Crippen molar-refractivity contribution in [1.29, 1.82) is 5.26 Å². The number of benzene rings is 2. The largest absolute Gasteiger partial charge is 0.491 e. The lowest BCUT2D eigenvalue weighted by molar-refractivity contribution is 0.00466. The van der Waals surface area contributed by atoms with Gasteiger partial charge in [-0.05, 0) is 43.7 Å². The molecule has 1 aliphatic rings. The van der Waals surface area contributed by atoms with E-state index in [0.29, 0.717) is 42.5 Å². The van der Waals surface area contributed by atoms with Crippen LogP contribution in [-0.2, 0) is 9.47 Å². The highest BCUT2D eigenvalue weighted by Crippen LogP contribution is 2.32. The van der Waals surface area contributed by atoms with E-state index in [-0.39, 0.29) is 12.7 Å². The van der Waals surface area contributed by atoms with Gasteiger partial charge < -0.3 is 24.3 Å². The van der Waals surface area contributed by atoms with Gasteiger partial charge in [0.2, 0.25) is 0 Å². The van der Waals surface area contributed by atoms with Crippen molar-refractivity contribution in [2.75, 3.05) is 44.8 Å². The summed E-state index contributed by atoms with van der Waals surface area (Å²) >= 11 is 0. The van der Waals surface area contributed by atoms with Gasteiger partial charge >= 0.3 is 6.09 Å². The Kier molecular flexibility index (Phi) is 7.87. The molecule has 0 saturated carbocycles. The summed E-state index contributed by atoms with van der Waals surface area (Å²) in [5.74, 6) is 0.610. The first-order valence-corrected chi connectivity index (χ1v) is 11.7. The minimum Gasteiger partial charge on any atom is -0.491 e. The number of amides is 1. The molecule has 2 aromatic carbocycles. The molecule has 35 heavy (non-hydrogen) atoms. The van der Waals surface area contributed by atoms with Gasteiger partial charge in [-0.2, -0.15) is 5.26 Å². The maximum absolute atomic E-state index is 11.8. The van der Waals surface area contributed by atoms with Crippen LogP contribution in [0.25, 0.3) is 22.2 Å². The topological polar surface area (TPSA) is 120 Å². The quantitative estimate of drug-likeness (QED) is 0.451. The second-order valence-electron chi connectivity index (χ2n) is 8.73. The number of ether oxygens (including phenoxy) is 3. The molecule has 0 radical (unpaired) electrons. The Morgan fingerprint density at radius 1 is 1.23 bits per heavy atom. The zero-order valence-electron chi connectivity index (χ0n) is 19.9. The smallest absolute Gasteiger partial charge is 0.411 e. The molecule has 1 saturated heterocycles. The summed E-state index contributed by atoms with van der Waals surface area (Å²) in [6.07, 6.45) is -1.33. The molecule has 0 bridgehead atoms. The molecule has 9 nitrogen and oxygen atoms in total. The zero-order valence-corrected chi connectivity index (χ0v) is 19.9. The number of nitrogens with zero attached hydrogens (tertiary/aromatic N) is 2. The maximum atomic E-state index is 11.8.